The predicted octanol–water partition coefficient (Wildman–Crippen LogP) is 2.19. The number of urea groups is 1. The van der Waals surface area contributed by atoms with E-state index in [0.717, 1.165) is 15.4 Å². The highest BCUT2D eigenvalue weighted by Crippen LogP contribution is 2.20. The largest absolute Gasteiger partial charge is 0.497 e. The lowest BCUT2D eigenvalue weighted by Crippen LogP contribution is -2.32. The maximum Gasteiger partial charge on any atom is 0.334 e. The van der Waals surface area contributed by atoms with E-state index in [1.807, 2.05) is 18.2 Å². The van der Waals surface area contributed by atoms with E-state index >= 15 is 0 Å². The van der Waals surface area contributed by atoms with Gasteiger partial charge in [-0.25, -0.2) is 4.79 Å². The van der Waals surface area contributed by atoms with E-state index in [-0.39, 0.29) is 13.1 Å². The van der Waals surface area contributed by atoms with Crippen molar-refractivity contribution in [2.45, 2.75) is 13.1 Å². The average Bonchev–Trinajstić information content (AvgIpc) is 2.81. The molecule has 0 aromatic heterocycles. The van der Waals surface area contributed by atoms with Gasteiger partial charge >= 0.3 is 17.8 Å². The van der Waals surface area contributed by atoms with Crippen molar-refractivity contribution in [3.8, 4) is 5.75 Å². The van der Waals surface area contributed by atoms with Gasteiger partial charge in [0.25, 0.3) is 0 Å². The lowest BCUT2D eigenvalue weighted by molar-refractivity contribution is -0.143. The molecule has 1 heterocycles. The van der Waals surface area contributed by atoms with Crippen molar-refractivity contribution in [3.05, 3.63) is 65.7 Å². The molecule has 0 bridgehead atoms. The first-order chi connectivity index (χ1) is 11.6. The molecule has 0 spiro atoms. The van der Waals surface area contributed by atoms with Crippen LogP contribution in [0.15, 0.2) is 54.6 Å². The lowest BCUT2D eigenvalue weighted by atomic mass is 10.2. The van der Waals surface area contributed by atoms with Crippen LogP contribution in [0.25, 0.3) is 0 Å². The predicted molar refractivity (Wildman–Crippen MR) is 85.9 cm³/mol. The zero-order valence-corrected chi connectivity index (χ0v) is 13.1. The third-order valence-electron chi connectivity index (χ3n) is 3.79. The smallest absolute Gasteiger partial charge is 0.334 e. The van der Waals surface area contributed by atoms with Crippen LogP contribution in [0.2, 0.25) is 0 Å². The van der Waals surface area contributed by atoms with Crippen molar-refractivity contribution in [1.82, 2.24) is 9.80 Å². The van der Waals surface area contributed by atoms with Crippen LogP contribution >= 0.6 is 0 Å². The fourth-order valence-corrected chi connectivity index (χ4v) is 2.55. The van der Waals surface area contributed by atoms with Crippen molar-refractivity contribution >= 4 is 17.8 Å². The summed E-state index contributed by atoms with van der Waals surface area (Å²) < 4.78 is 5.13. The molecule has 0 saturated carbocycles. The minimum absolute atomic E-state index is 0.0336. The van der Waals surface area contributed by atoms with E-state index in [2.05, 4.69) is 0 Å². The molecule has 0 radical (unpaired) electrons. The number of methoxy groups -OCH3 is 1. The van der Waals surface area contributed by atoms with Gasteiger partial charge in [0.15, 0.2) is 0 Å². The van der Waals surface area contributed by atoms with Gasteiger partial charge in [-0.3, -0.25) is 19.4 Å². The lowest BCUT2D eigenvalue weighted by Gasteiger charge is -2.16. The molecule has 0 aliphatic carbocycles. The Labute approximate surface area is 139 Å². The summed E-state index contributed by atoms with van der Waals surface area (Å²) in [6.45, 7) is 0.116. The van der Waals surface area contributed by atoms with Crippen LogP contribution in [-0.2, 0) is 22.7 Å². The average molecular weight is 324 g/mol. The van der Waals surface area contributed by atoms with Crippen LogP contribution in [-0.4, -0.2) is 34.8 Å². The summed E-state index contributed by atoms with van der Waals surface area (Å²) in [4.78, 5) is 38.7. The Balaban J connectivity index is 1.78. The second-order valence-electron chi connectivity index (χ2n) is 5.40. The number of ether oxygens (including phenoxy) is 1. The second-order valence-corrected chi connectivity index (χ2v) is 5.40. The molecule has 122 valence electrons. The number of imide groups is 2. The highest BCUT2D eigenvalue weighted by molar-refractivity contribution is 6.44. The van der Waals surface area contributed by atoms with E-state index in [1.165, 1.54) is 7.11 Å². The Hall–Kier alpha value is -3.15. The van der Waals surface area contributed by atoms with Gasteiger partial charge in [-0.15, -0.1) is 0 Å². The summed E-state index contributed by atoms with van der Waals surface area (Å²) >= 11 is 0. The van der Waals surface area contributed by atoms with Crippen molar-refractivity contribution < 1.29 is 19.1 Å². The normalized spacial score (nSPS) is 14.5. The van der Waals surface area contributed by atoms with E-state index in [1.54, 1.807) is 36.4 Å². The Kier molecular flexibility index (Phi) is 4.29. The summed E-state index contributed by atoms with van der Waals surface area (Å²) in [5.74, 6) is -0.982. The number of hydrogen-bond acceptors (Lipinski definition) is 4. The van der Waals surface area contributed by atoms with Gasteiger partial charge in [-0.2, -0.15) is 0 Å². The van der Waals surface area contributed by atoms with Gasteiger partial charge in [0.05, 0.1) is 20.2 Å². The number of nitrogens with zero attached hydrogens (tertiary/aromatic N) is 2. The van der Waals surface area contributed by atoms with Crippen molar-refractivity contribution in [1.29, 1.82) is 0 Å². The molecule has 0 atom stereocenters. The van der Waals surface area contributed by atoms with Crippen LogP contribution < -0.4 is 4.74 Å². The van der Waals surface area contributed by atoms with Gasteiger partial charge in [0.1, 0.15) is 5.75 Å². The fraction of sp³-hybridized carbons (Fsp3) is 0.167. The van der Waals surface area contributed by atoms with Crippen LogP contribution in [0.5, 0.6) is 5.75 Å². The van der Waals surface area contributed by atoms with Crippen molar-refractivity contribution in [2.75, 3.05) is 7.11 Å². The van der Waals surface area contributed by atoms with Gasteiger partial charge in [-0.1, -0.05) is 42.5 Å². The molecule has 0 unspecified atom stereocenters. The van der Waals surface area contributed by atoms with Crippen molar-refractivity contribution in [3.63, 3.8) is 0 Å². The zero-order chi connectivity index (χ0) is 17.1. The van der Waals surface area contributed by atoms with Gasteiger partial charge in [0.2, 0.25) is 0 Å². The second kappa shape index (κ2) is 6.54. The number of carbonyl (C=O) groups is 3. The third kappa shape index (κ3) is 2.99. The first kappa shape index (κ1) is 15.7. The fourth-order valence-electron chi connectivity index (χ4n) is 2.55. The molecule has 1 saturated heterocycles. The molecule has 4 amide bonds. The first-order valence-corrected chi connectivity index (χ1v) is 7.44. The number of hydrogen-bond donors (Lipinski definition) is 0. The molecule has 24 heavy (non-hydrogen) atoms. The van der Waals surface area contributed by atoms with Crippen LogP contribution in [0.3, 0.4) is 0 Å². The molecule has 1 aliphatic rings. The van der Waals surface area contributed by atoms with Crippen LogP contribution in [0.4, 0.5) is 4.79 Å². The molecule has 2 aromatic rings. The Morgan fingerprint density at radius 2 is 1.38 bits per heavy atom. The van der Waals surface area contributed by atoms with Gasteiger partial charge in [0, 0.05) is 0 Å². The maximum absolute atomic E-state index is 12.5. The minimum atomic E-state index is -0.807. The number of amides is 4. The molecular formula is C18H16N2O4. The molecule has 2 aromatic carbocycles. The Morgan fingerprint density at radius 1 is 0.792 bits per heavy atom. The molecule has 1 aliphatic heterocycles. The summed E-state index contributed by atoms with van der Waals surface area (Å²) in [6, 6.07) is 15.5. The standard InChI is InChI=1S/C18H16N2O4/c1-24-15-9-5-8-14(10-15)12-20-17(22)16(21)19(18(20)23)11-13-6-3-2-4-7-13/h2-10H,11-12H2,1H3. The summed E-state index contributed by atoms with van der Waals surface area (Å²) in [7, 11) is 1.54. The van der Waals surface area contributed by atoms with E-state index in [4.69, 9.17) is 4.74 Å². The quantitative estimate of drug-likeness (QED) is 0.624. The molecule has 3 rings (SSSR count). The molecule has 1 fully saturated rings. The number of rotatable bonds is 5. The summed E-state index contributed by atoms with van der Waals surface area (Å²) in [5.41, 5.74) is 1.50. The first-order valence-electron chi connectivity index (χ1n) is 7.44. The molecule has 0 N–H and O–H groups in total. The molecule has 6 nitrogen and oxygen atoms in total. The number of benzene rings is 2. The topological polar surface area (TPSA) is 66.9 Å². The summed E-state index contributed by atoms with van der Waals surface area (Å²) in [5, 5.41) is 0. The highest BCUT2D eigenvalue weighted by atomic mass is 16.5. The van der Waals surface area contributed by atoms with Crippen molar-refractivity contribution in [2.24, 2.45) is 0 Å². The number of carbonyl (C=O) groups excluding carboxylic acids is 3. The van der Waals surface area contributed by atoms with E-state index < -0.39 is 17.8 Å². The summed E-state index contributed by atoms with van der Waals surface area (Å²) in [6.07, 6.45) is 0. The third-order valence-corrected chi connectivity index (χ3v) is 3.79. The van der Waals surface area contributed by atoms with E-state index in [9.17, 15) is 14.4 Å². The minimum Gasteiger partial charge on any atom is -0.497 e. The monoisotopic (exact) mass is 324 g/mol. The highest BCUT2D eigenvalue weighted by Gasteiger charge is 2.44. The Morgan fingerprint density at radius 3 is 2.00 bits per heavy atom. The Bertz CT molecular complexity index is 789. The van der Waals surface area contributed by atoms with Gasteiger partial charge in [-0.05, 0) is 23.3 Å². The van der Waals surface area contributed by atoms with Crippen LogP contribution in [0, 0.1) is 0 Å². The SMILES string of the molecule is COc1cccc(CN2C(=O)C(=O)N(Cc3ccccc3)C2=O)c1. The molecular weight excluding hydrogens is 308 g/mol. The zero-order valence-electron chi connectivity index (χ0n) is 13.1. The van der Waals surface area contributed by atoms with Gasteiger partial charge < -0.3 is 4.74 Å². The molecule has 6 heteroatoms. The van der Waals surface area contributed by atoms with Crippen LogP contribution in [0.1, 0.15) is 11.1 Å². The maximum atomic E-state index is 12.5. The van der Waals surface area contributed by atoms with E-state index in [0.29, 0.717) is 11.3 Å².